The largest absolute Gasteiger partial charge is 0.573 e. The number of rotatable bonds is 9. The summed E-state index contributed by atoms with van der Waals surface area (Å²) >= 11 is 0. The average molecular weight is 583 g/mol. The monoisotopic (exact) mass is 582 g/mol. The molecule has 4 rings (SSSR count). The molecule has 1 aliphatic carbocycles. The predicted octanol–water partition coefficient (Wildman–Crippen LogP) is 3.16. The number of nitrogens with zero attached hydrogens (tertiary/aromatic N) is 1. The summed E-state index contributed by atoms with van der Waals surface area (Å²) in [4.78, 5) is 25.5. The number of ether oxygens (including phenoxy) is 1. The third kappa shape index (κ3) is 7.32. The van der Waals surface area contributed by atoms with Gasteiger partial charge in [0.2, 0.25) is 21.8 Å². The van der Waals surface area contributed by atoms with Crippen LogP contribution in [0.1, 0.15) is 55.8 Å². The summed E-state index contributed by atoms with van der Waals surface area (Å²) in [5.41, 5.74) is 3.31. The van der Waals surface area contributed by atoms with Gasteiger partial charge in [0.25, 0.3) is 0 Å². The lowest BCUT2D eigenvalue weighted by Crippen LogP contribution is -2.58. The molecular formula is C27H33F3N4O5S. The molecule has 1 fully saturated rings. The first-order valence-corrected chi connectivity index (χ1v) is 14.6. The zero-order chi connectivity index (χ0) is 29.1. The fourth-order valence-corrected chi connectivity index (χ4v) is 6.59. The molecule has 1 heterocycles. The molecule has 2 aliphatic rings. The number of fused-ring (bicyclic) bond motifs is 1. The first kappa shape index (κ1) is 29.8. The maximum Gasteiger partial charge on any atom is 0.573 e. The van der Waals surface area contributed by atoms with E-state index in [0.29, 0.717) is 12.5 Å². The van der Waals surface area contributed by atoms with Crippen molar-refractivity contribution in [3.05, 3.63) is 59.2 Å². The van der Waals surface area contributed by atoms with E-state index < -0.39 is 46.4 Å². The van der Waals surface area contributed by atoms with E-state index in [9.17, 15) is 31.2 Å². The smallest absolute Gasteiger partial charge is 0.406 e. The van der Waals surface area contributed by atoms with Gasteiger partial charge in [-0.05, 0) is 60.2 Å². The van der Waals surface area contributed by atoms with Crippen LogP contribution in [0, 0.1) is 0 Å². The highest BCUT2D eigenvalue weighted by molar-refractivity contribution is 7.89. The van der Waals surface area contributed by atoms with Crippen molar-refractivity contribution in [3.8, 4) is 5.75 Å². The molecule has 1 aliphatic heterocycles. The third-order valence-electron chi connectivity index (χ3n) is 6.90. The molecular weight excluding hydrogens is 549 g/mol. The maximum atomic E-state index is 13.3. The van der Waals surface area contributed by atoms with E-state index >= 15 is 0 Å². The SMILES string of the molecule is CC(C)NCc1ccc2c(c1)CCC[C@H]2NC(=O)CC1C(=O)NCCN1S(=O)(=O)c1ccc(OC(F)(F)F)cc1. The van der Waals surface area contributed by atoms with Crippen molar-refractivity contribution in [2.24, 2.45) is 0 Å². The fraction of sp³-hybridized carbons (Fsp3) is 0.481. The second-order valence-corrected chi connectivity index (χ2v) is 12.1. The van der Waals surface area contributed by atoms with E-state index in [2.05, 4.69) is 40.6 Å². The number of halogens is 3. The molecule has 9 nitrogen and oxygen atoms in total. The Kier molecular flexibility index (Phi) is 9.06. The first-order chi connectivity index (χ1) is 18.8. The molecule has 3 N–H and O–H groups in total. The number of piperazine rings is 1. The summed E-state index contributed by atoms with van der Waals surface area (Å²) in [6.07, 6.45) is -2.84. The number of aryl methyl sites for hydroxylation is 1. The van der Waals surface area contributed by atoms with Crippen molar-refractivity contribution in [1.82, 2.24) is 20.3 Å². The van der Waals surface area contributed by atoms with Gasteiger partial charge in [-0.2, -0.15) is 4.31 Å². The molecule has 0 radical (unpaired) electrons. The number of benzene rings is 2. The van der Waals surface area contributed by atoms with Crippen LogP contribution in [-0.2, 0) is 32.6 Å². The average Bonchev–Trinajstić information content (AvgIpc) is 2.88. The number of hydrogen-bond donors (Lipinski definition) is 3. The van der Waals surface area contributed by atoms with Gasteiger partial charge in [0, 0.05) is 25.7 Å². The van der Waals surface area contributed by atoms with Crippen LogP contribution < -0.4 is 20.7 Å². The van der Waals surface area contributed by atoms with Gasteiger partial charge in [0.15, 0.2) is 0 Å². The lowest BCUT2D eigenvalue weighted by Gasteiger charge is -2.34. The molecule has 2 aromatic rings. The Morgan fingerprint density at radius 2 is 1.90 bits per heavy atom. The molecule has 1 unspecified atom stereocenters. The summed E-state index contributed by atoms with van der Waals surface area (Å²) in [6.45, 7) is 4.83. The second-order valence-electron chi connectivity index (χ2n) is 10.2. The van der Waals surface area contributed by atoms with E-state index in [-0.39, 0.29) is 24.0 Å². The number of alkyl halides is 3. The molecule has 2 atom stereocenters. The molecule has 2 aromatic carbocycles. The molecule has 2 amide bonds. The zero-order valence-electron chi connectivity index (χ0n) is 22.3. The summed E-state index contributed by atoms with van der Waals surface area (Å²) in [5, 5.41) is 8.96. The molecule has 13 heteroatoms. The number of hydrogen-bond acceptors (Lipinski definition) is 6. The van der Waals surface area contributed by atoms with Gasteiger partial charge in [-0.3, -0.25) is 9.59 Å². The van der Waals surface area contributed by atoms with Gasteiger partial charge in [0.05, 0.1) is 17.4 Å². The Labute approximate surface area is 231 Å². The van der Waals surface area contributed by atoms with Gasteiger partial charge >= 0.3 is 6.36 Å². The molecule has 0 bridgehead atoms. The highest BCUT2D eigenvalue weighted by atomic mass is 32.2. The minimum Gasteiger partial charge on any atom is -0.406 e. The zero-order valence-corrected chi connectivity index (χ0v) is 23.1. The van der Waals surface area contributed by atoms with Crippen LogP contribution >= 0.6 is 0 Å². The van der Waals surface area contributed by atoms with E-state index in [1.54, 1.807) is 0 Å². The predicted molar refractivity (Wildman–Crippen MR) is 141 cm³/mol. The Hall–Kier alpha value is -3.16. The summed E-state index contributed by atoms with van der Waals surface area (Å²) < 4.78 is 68.8. The van der Waals surface area contributed by atoms with Gasteiger partial charge in [-0.1, -0.05) is 32.0 Å². The van der Waals surface area contributed by atoms with Crippen LogP contribution in [0.5, 0.6) is 5.75 Å². The lowest BCUT2D eigenvalue weighted by atomic mass is 9.86. The van der Waals surface area contributed by atoms with Crippen molar-refractivity contribution in [2.75, 3.05) is 13.1 Å². The highest BCUT2D eigenvalue weighted by Crippen LogP contribution is 2.31. The van der Waals surface area contributed by atoms with Gasteiger partial charge in [0.1, 0.15) is 11.8 Å². The molecule has 40 heavy (non-hydrogen) atoms. The minimum atomic E-state index is -4.92. The van der Waals surface area contributed by atoms with E-state index in [4.69, 9.17) is 0 Å². The second kappa shape index (κ2) is 12.1. The maximum absolute atomic E-state index is 13.3. The topological polar surface area (TPSA) is 117 Å². The molecule has 0 aromatic heterocycles. The van der Waals surface area contributed by atoms with Crippen molar-refractivity contribution in [2.45, 2.75) is 75.5 Å². The Bertz CT molecular complexity index is 1330. The highest BCUT2D eigenvalue weighted by Gasteiger charge is 2.40. The normalized spacial score (nSPS) is 20.1. The number of amides is 2. The first-order valence-electron chi connectivity index (χ1n) is 13.1. The Balaban J connectivity index is 1.46. The van der Waals surface area contributed by atoms with Crippen molar-refractivity contribution >= 4 is 21.8 Å². The van der Waals surface area contributed by atoms with Crippen molar-refractivity contribution in [3.63, 3.8) is 0 Å². The molecule has 1 saturated heterocycles. The Morgan fingerprint density at radius 3 is 2.58 bits per heavy atom. The summed E-state index contributed by atoms with van der Waals surface area (Å²) in [6, 6.07) is 8.67. The number of carbonyl (C=O) groups excluding carboxylic acids is 2. The Morgan fingerprint density at radius 1 is 1.18 bits per heavy atom. The van der Waals surface area contributed by atoms with Crippen molar-refractivity contribution < 1.29 is 35.9 Å². The number of sulfonamides is 1. The van der Waals surface area contributed by atoms with Crippen LogP contribution in [0.4, 0.5) is 13.2 Å². The van der Waals surface area contributed by atoms with Crippen LogP contribution in [0.3, 0.4) is 0 Å². The minimum absolute atomic E-state index is 0.0372. The van der Waals surface area contributed by atoms with Crippen LogP contribution in [0.2, 0.25) is 0 Å². The van der Waals surface area contributed by atoms with Gasteiger partial charge in [-0.25, -0.2) is 8.42 Å². The summed E-state index contributed by atoms with van der Waals surface area (Å²) in [5.74, 6) is -1.66. The third-order valence-corrected chi connectivity index (χ3v) is 8.82. The standard InChI is InChI=1S/C27H33F3N4O5S/c1-17(2)32-16-18-6-11-22-19(14-18)4-3-5-23(22)33-25(35)15-24-26(36)31-12-13-34(24)40(37,38)21-9-7-20(8-10-21)39-27(28,29)30/h6-11,14,17,23-24,32H,3-5,12-13,15-16H2,1-2H3,(H,31,36)(H,33,35)/t23-,24?/m1/s1. The number of nitrogens with one attached hydrogen (secondary N) is 3. The number of carbonyl (C=O) groups is 2. The molecule has 0 spiro atoms. The van der Waals surface area contributed by atoms with E-state index in [0.717, 1.165) is 64.6 Å². The van der Waals surface area contributed by atoms with Crippen LogP contribution in [0.25, 0.3) is 0 Å². The molecule has 0 saturated carbocycles. The fourth-order valence-electron chi connectivity index (χ4n) is 5.00. The van der Waals surface area contributed by atoms with Crippen LogP contribution in [0.15, 0.2) is 47.4 Å². The van der Waals surface area contributed by atoms with E-state index in [1.807, 2.05) is 12.1 Å². The van der Waals surface area contributed by atoms with Gasteiger partial charge < -0.3 is 20.7 Å². The van der Waals surface area contributed by atoms with Crippen molar-refractivity contribution in [1.29, 1.82) is 0 Å². The van der Waals surface area contributed by atoms with Crippen LogP contribution in [-0.4, -0.2) is 56.1 Å². The molecule has 218 valence electrons. The quantitative estimate of drug-likeness (QED) is 0.418. The lowest BCUT2D eigenvalue weighted by molar-refractivity contribution is -0.274. The van der Waals surface area contributed by atoms with Gasteiger partial charge in [-0.15, -0.1) is 13.2 Å². The van der Waals surface area contributed by atoms with E-state index in [1.165, 1.54) is 0 Å². The summed E-state index contributed by atoms with van der Waals surface area (Å²) in [7, 11) is -4.30.